The molecule has 0 saturated carbocycles. The quantitative estimate of drug-likeness (QED) is 0.0947. The maximum Gasteiger partial charge on any atom is 0.301 e. The lowest BCUT2D eigenvalue weighted by Gasteiger charge is -2.22. The number of aliphatic hydroxyl groups is 1. The molecule has 0 aliphatic carbocycles. The molecule has 2 heterocycles. The zero-order chi connectivity index (χ0) is 26.1. The van der Waals surface area contributed by atoms with E-state index in [1.165, 1.54) is 28.0 Å². The van der Waals surface area contributed by atoms with Crippen LogP contribution in [-0.2, 0) is 15.3 Å². The van der Waals surface area contributed by atoms with Crippen LogP contribution in [-0.4, -0.2) is 27.0 Å². The molecule has 0 radical (unpaired) electrons. The summed E-state index contributed by atoms with van der Waals surface area (Å²) in [5, 5.41) is 20.7. The Kier molecular flexibility index (Phi) is 7.15. The van der Waals surface area contributed by atoms with E-state index in [0.717, 1.165) is 16.7 Å². The van der Waals surface area contributed by atoms with Crippen molar-refractivity contribution < 1.29 is 14.7 Å². The van der Waals surface area contributed by atoms with Crippen LogP contribution in [0.4, 0.5) is 5.13 Å². The maximum absolute atomic E-state index is 13.3. The molecule has 4 aromatic rings. The zero-order valence-electron chi connectivity index (χ0n) is 20.0. The van der Waals surface area contributed by atoms with Gasteiger partial charge in [-0.05, 0) is 31.0 Å². The van der Waals surface area contributed by atoms with Crippen molar-refractivity contribution in [2.24, 2.45) is 0 Å². The molecular formula is C28H22ClN3O3S2. The van der Waals surface area contributed by atoms with Crippen LogP contribution >= 0.6 is 34.7 Å². The van der Waals surface area contributed by atoms with E-state index >= 15 is 0 Å². The third kappa shape index (κ3) is 5.05. The van der Waals surface area contributed by atoms with Crippen LogP contribution in [0.5, 0.6) is 0 Å². The van der Waals surface area contributed by atoms with Gasteiger partial charge in [0, 0.05) is 16.3 Å². The largest absolute Gasteiger partial charge is 0.507 e. The van der Waals surface area contributed by atoms with Crippen LogP contribution in [0, 0.1) is 13.8 Å². The fourth-order valence-electron chi connectivity index (χ4n) is 4.07. The third-order valence-corrected chi connectivity index (χ3v) is 8.55. The normalized spacial score (nSPS) is 16.9. The van der Waals surface area contributed by atoms with Crippen molar-refractivity contribution in [3.05, 3.63) is 111 Å². The molecule has 1 aromatic heterocycles. The summed E-state index contributed by atoms with van der Waals surface area (Å²) >= 11 is 8.94. The molecule has 1 saturated heterocycles. The number of benzene rings is 3. The summed E-state index contributed by atoms with van der Waals surface area (Å²) in [7, 11) is 0. The van der Waals surface area contributed by atoms with Crippen LogP contribution in [0.1, 0.15) is 33.9 Å². The van der Waals surface area contributed by atoms with Gasteiger partial charge < -0.3 is 5.11 Å². The molecule has 9 heteroatoms. The van der Waals surface area contributed by atoms with Gasteiger partial charge in [-0.2, -0.15) is 0 Å². The number of thioether (sulfide) groups is 1. The first-order valence-electron chi connectivity index (χ1n) is 11.5. The van der Waals surface area contributed by atoms with E-state index in [9.17, 15) is 14.7 Å². The number of Topliss-reactive ketones (excluding diaryl/α,β-unsaturated/α-hetero) is 1. The molecule has 1 amide bonds. The van der Waals surface area contributed by atoms with Crippen molar-refractivity contribution in [1.82, 2.24) is 10.2 Å². The Labute approximate surface area is 227 Å². The SMILES string of the molecule is Cc1ccc(/C(O)=C2/C(=O)C(=O)N(c3nnc(SCc4ccccc4Cl)s3)C2c2ccc(C)cc2)cc1. The summed E-state index contributed by atoms with van der Waals surface area (Å²) in [5.74, 6) is -1.14. The molecule has 1 atom stereocenters. The van der Waals surface area contributed by atoms with Crippen molar-refractivity contribution in [3.63, 3.8) is 0 Å². The number of hydrogen-bond donors (Lipinski definition) is 1. The van der Waals surface area contributed by atoms with Crippen LogP contribution < -0.4 is 4.90 Å². The average molecular weight is 548 g/mol. The Balaban J connectivity index is 1.54. The van der Waals surface area contributed by atoms with Crippen molar-refractivity contribution in [2.75, 3.05) is 4.90 Å². The monoisotopic (exact) mass is 547 g/mol. The highest BCUT2D eigenvalue weighted by molar-refractivity contribution is 8.00. The van der Waals surface area contributed by atoms with Gasteiger partial charge in [0.05, 0.1) is 11.6 Å². The minimum absolute atomic E-state index is 0.0261. The van der Waals surface area contributed by atoms with Crippen LogP contribution in [0.3, 0.4) is 0 Å². The molecule has 0 spiro atoms. The fraction of sp³-hybridized carbons (Fsp3) is 0.143. The molecular weight excluding hydrogens is 526 g/mol. The smallest absolute Gasteiger partial charge is 0.301 e. The van der Waals surface area contributed by atoms with Gasteiger partial charge >= 0.3 is 5.91 Å². The standard InChI is InChI=1S/C28H22ClN3O3S2/c1-16-7-11-18(12-8-16)23-22(24(33)19-13-9-17(2)10-14-19)25(34)26(35)32(23)27-30-31-28(37-27)36-15-20-5-3-4-6-21(20)29/h3-14,23,33H,15H2,1-2H3/b24-22-. The summed E-state index contributed by atoms with van der Waals surface area (Å²) in [5.41, 5.74) is 4.20. The first kappa shape index (κ1) is 25.2. The Morgan fingerprint density at radius 2 is 1.62 bits per heavy atom. The summed E-state index contributed by atoms with van der Waals surface area (Å²) in [6.07, 6.45) is 0. The topological polar surface area (TPSA) is 83.4 Å². The van der Waals surface area contributed by atoms with E-state index < -0.39 is 17.7 Å². The molecule has 1 aliphatic heterocycles. The second kappa shape index (κ2) is 10.5. The van der Waals surface area contributed by atoms with E-state index in [-0.39, 0.29) is 16.5 Å². The summed E-state index contributed by atoms with van der Waals surface area (Å²) in [6, 6.07) is 21.4. The number of amides is 1. The highest BCUT2D eigenvalue weighted by Gasteiger charge is 2.48. The lowest BCUT2D eigenvalue weighted by Crippen LogP contribution is -2.29. The predicted molar refractivity (Wildman–Crippen MR) is 148 cm³/mol. The molecule has 0 bridgehead atoms. The van der Waals surface area contributed by atoms with E-state index in [1.54, 1.807) is 12.1 Å². The Bertz CT molecular complexity index is 1510. The molecule has 6 nitrogen and oxygen atoms in total. The van der Waals surface area contributed by atoms with Gasteiger partial charge in [-0.3, -0.25) is 14.5 Å². The fourth-order valence-corrected chi connectivity index (χ4v) is 6.23. The zero-order valence-corrected chi connectivity index (χ0v) is 22.4. The van der Waals surface area contributed by atoms with Gasteiger partial charge in [0.2, 0.25) is 5.13 Å². The number of aryl methyl sites for hydroxylation is 2. The first-order valence-corrected chi connectivity index (χ1v) is 13.7. The number of aromatic nitrogens is 2. The second-order valence-electron chi connectivity index (χ2n) is 8.68. The molecule has 5 rings (SSSR count). The Morgan fingerprint density at radius 3 is 2.30 bits per heavy atom. The molecule has 186 valence electrons. The highest BCUT2D eigenvalue weighted by atomic mass is 35.5. The van der Waals surface area contributed by atoms with Gasteiger partial charge in [0.1, 0.15) is 5.76 Å². The number of carbonyl (C=O) groups excluding carboxylic acids is 2. The van der Waals surface area contributed by atoms with E-state index in [1.807, 2.05) is 74.5 Å². The van der Waals surface area contributed by atoms with E-state index in [2.05, 4.69) is 10.2 Å². The number of ketones is 1. The molecule has 1 fully saturated rings. The second-order valence-corrected chi connectivity index (χ2v) is 11.3. The minimum Gasteiger partial charge on any atom is -0.507 e. The van der Waals surface area contributed by atoms with Gasteiger partial charge in [0.25, 0.3) is 5.78 Å². The number of anilines is 1. The number of rotatable bonds is 6. The number of aliphatic hydroxyl groups excluding tert-OH is 1. The first-order chi connectivity index (χ1) is 17.8. The number of nitrogens with zero attached hydrogens (tertiary/aromatic N) is 3. The lowest BCUT2D eigenvalue weighted by atomic mass is 9.94. The lowest BCUT2D eigenvalue weighted by molar-refractivity contribution is -0.132. The van der Waals surface area contributed by atoms with E-state index in [0.29, 0.717) is 26.2 Å². The van der Waals surface area contributed by atoms with Crippen molar-refractivity contribution in [3.8, 4) is 0 Å². The van der Waals surface area contributed by atoms with Gasteiger partial charge in [-0.25, -0.2) is 0 Å². The number of hydrogen-bond acceptors (Lipinski definition) is 7. The number of carbonyl (C=O) groups is 2. The highest BCUT2D eigenvalue weighted by Crippen LogP contribution is 2.44. The van der Waals surface area contributed by atoms with Crippen LogP contribution in [0.15, 0.2) is 82.7 Å². The van der Waals surface area contributed by atoms with Gasteiger partial charge in [-0.15, -0.1) is 10.2 Å². The Morgan fingerprint density at radius 1 is 0.973 bits per heavy atom. The van der Waals surface area contributed by atoms with Crippen LogP contribution in [0.2, 0.25) is 5.02 Å². The van der Waals surface area contributed by atoms with Crippen LogP contribution in [0.25, 0.3) is 5.76 Å². The average Bonchev–Trinajstić information content (AvgIpc) is 3.46. The van der Waals surface area contributed by atoms with Gasteiger partial charge in [-0.1, -0.05) is 113 Å². The molecule has 1 aliphatic rings. The molecule has 37 heavy (non-hydrogen) atoms. The number of halogens is 1. The molecule has 1 unspecified atom stereocenters. The van der Waals surface area contributed by atoms with Crippen molar-refractivity contribution >= 4 is 57.3 Å². The molecule has 1 N–H and O–H groups in total. The summed E-state index contributed by atoms with van der Waals surface area (Å²) < 4.78 is 0.637. The summed E-state index contributed by atoms with van der Waals surface area (Å²) in [6.45, 7) is 3.89. The molecule has 3 aromatic carbocycles. The maximum atomic E-state index is 13.3. The van der Waals surface area contributed by atoms with Crippen molar-refractivity contribution in [1.29, 1.82) is 0 Å². The van der Waals surface area contributed by atoms with Gasteiger partial charge in [0.15, 0.2) is 4.34 Å². The minimum atomic E-state index is -0.837. The third-order valence-electron chi connectivity index (χ3n) is 6.07. The summed E-state index contributed by atoms with van der Waals surface area (Å²) in [4.78, 5) is 28.0. The Hall–Kier alpha value is -3.46. The van der Waals surface area contributed by atoms with E-state index in [4.69, 9.17) is 11.6 Å². The predicted octanol–water partition coefficient (Wildman–Crippen LogP) is 6.73. The van der Waals surface area contributed by atoms with Crippen molar-refractivity contribution in [2.45, 2.75) is 30.0 Å².